The molecule has 1 nitrogen and oxygen atoms in total. The number of hydrogen-bond acceptors (Lipinski definition) is 1. The van der Waals surface area contributed by atoms with Gasteiger partial charge in [-0.1, -0.05) is 164 Å². The summed E-state index contributed by atoms with van der Waals surface area (Å²) in [6.07, 6.45) is 0. The molecular formula is C54H32O. The van der Waals surface area contributed by atoms with Gasteiger partial charge in [-0.15, -0.1) is 0 Å². The fourth-order valence-electron chi connectivity index (χ4n) is 9.39. The molecule has 0 amide bonds. The summed E-state index contributed by atoms with van der Waals surface area (Å²) in [6, 6.07) is 71.1. The van der Waals surface area contributed by atoms with Crippen LogP contribution in [0, 0.1) is 0 Å². The van der Waals surface area contributed by atoms with Crippen molar-refractivity contribution in [1.82, 2.24) is 0 Å². The first-order valence-electron chi connectivity index (χ1n) is 19.0. The Hall–Kier alpha value is -7.22. The molecule has 12 rings (SSSR count). The lowest BCUT2D eigenvalue weighted by atomic mass is 9.85. The van der Waals surface area contributed by atoms with Crippen molar-refractivity contribution >= 4 is 86.6 Å². The van der Waals surface area contributed by atoms with Crippen molar-refractivity contribution < 1.29 is 4.42 Å². The van der Waals surface area contributed by atoms with E-state index in [0.717, 1.165) is 16.6 Å². The van der Waals surface area contributed by atoms with E-state index in [4.69, 9.17) is 4.42 Å². The van der Waals surface area contributed by atoms with Gasteiger partial charge in [0.25, 0.3) is 0 Å². The topological polar surface area (TPSA) is 13.1 Å². The molecule has 0 aliphatic heterocycles. The summed E-state index contributed by atoms with van der Waals surface area (Å²) in [4.78, 5) is 0. The van der Waals surface area contributed by atoms with E-state index in [1.165, 1.54) is 103 Å². The van der Waals surface area contributed by atoms with Gasteiger partial charge in [0, 0.05) is 10.8 Å². The highest BCUT2D eigenvalue weighted by atomic mass is 16.3. The smallest absolute Gasteiger partial charge is 0.136 e. The van der Waals surface area contributed by atoms with Gasteiger partial charge < -0.3 is 4.42 Å². The van der Waals surface area contributed by atoms with Gasteiger partial charge in [0.1, 0.15) is 11.2 Å². The summed E-state index contributed by atoms with van der Waals surface area (Å²) in [5.41, 5.74) is 9.16. The number of benzene rings is 11. The molecule has 0 spiro atoms. The van der Waals surface area contributed by atoms with Gasteiger partial charge in [-0.3, -0.25) is 0 Å². The first kappa shape index (κ1) is 30.3. The van der Waals surface area contributed by atoms with Crippen LogP contribution >= 0.6 is 0 Å². The minimum absolute atomic E-state index is 0.909. The van der Waals surface area contributed by atoms with Crippen molar-refractivity contribution in [3.8, 4) is 33.4 Å². The van der Waals surface area contributed by atoms with E-state index in [2.05, 4.69) is 194 Å². The first-order valence-corrected chi connectivity index (χ1v) is 19.0. The summed E-state index contributed by atoms with van der Waals surface area (Å²) >= 11 is 0. The quantitative estimate of drug-likeness (QED) is 0.132. The molecule has 0 aliphatic rings. The molecule has 0 radical (unpaired) electrons. The Morgan fingerprint density at radius 3 is 1.31 bits per heavy atom. The zero-order valence-corrected chi connectivity index (χ0v) is 29.9. The van der Waals surface area contributed by atoms with Crippen LogP contribution in [0.4, 0.5) is 0 Å². The first-order chi connectivity index (χ1) is 27.3. The second kappa shape index (κ2) is 11.6. The fraction of sp³-hybridized carbons (Fsp3) is 0. The van der Waals surface area contributed by atoms with E-state index < -0.39 is 0 Å². The average molecular weight is 697 g/mol. The van der Waals surface area contributed by atoms with E-state index in [-0.39, 0.29) is 0 Å². The molecule has 0 unspecified atom stereocenters. The van der Waals surface area contributed by atoms with E-state index in [0.29, 0.717) is 0 Å². The van der Waals surface area contributed by atoms with Crippen LogP contribution in [-0.4, -0.2) is 0 Å². The Bertz CT molecular complexity index is 3460. The van der Waals surface area contributed by atoms with E-state index in [1.807, 2.05) is 0 Å². The maximum Gasteiger partial charge on any atom is 0.136 e. The highest BCUT2D eigenvalue weighted by Gasteiger charge is 2.19. The summed E-state index contributed by atoms with van der Waals surface area (Å²) in [5, 5.41) is 17.5. The van der Waals surface area contributed by atoms with Crippen molar-refractivity contribution in [3.05, 3.63) is 194 Å². The molecule has 1 heteroatoms. The molecule has 12 aromatic rings. The van der Waals surface area contributed by atoms with Crippen molar-refractivity contribution in [2.75, 3.05) is 0 Å². The lowest BCUT2D eigenvalue weighted by Crippen LogP contribution is -1.91. The van der Waals surface area contributed by atoms with Crippen molar-refractivity contribution in [2.45, 2.75) is 0 Å². The standard InChI is InChI=1S/C54H32O/c1-2-15-38-33(12-1)25-29-51-54(38)49-32-37(26-28-50(49)55-51)53-46-22-9-7-20-44(46)52(45-21-8-10-23-47(45)53)36-14-11-13-34(30-36)35-24-27-43-41-18-4-3-16-39(41)40-17-5-6-19-42(40)48(43)31-35/h1-32H. The van der Waals surface area contributed by atoms with Gasteiger partial charge in [0.05, 0.1) is 0 Å². The van der Waals surface area contributed by atoms with E-state index in [1.54, 1.807) is 0 Å². The minimum Gasteiger partial charge on any atom is -0.456 e. The molecule has 0 N–H and O–H groups in total. The molecule has 0 saturated heterocycles. The molecule has 0 bridgehead atoms. The third-order valence-corrected chi connectivity index (χ3v) is 11.8. The van der Waals surface area contributed by atoms with Gasteiger partial charge in [-0.25, -0.2) is 0 Å². The molecule has 55 heavy (non-hydrogen) atoms. The van der Waals surface area contributed by atoms with Crippen LogP contribution in [-0.2, 0) is 0 Å². The molecule has 1 aromatic heterocycles. The largest absolute Gasteiger partial charge is 0.456 e. The maximum absolute atomic E-state index is 6.41. The minimum atomic E-state index is 0.909. The third-order valence-electron chi connectivity index (χ3n) is 11.8. The van der Waals surface area contributed by atoms with E-state index in [9.17, 15) is 0 Å². The van der Waals surface area contributed by atoms with Crippen LogP contribution in [0.15, 0.2) is 199 Å². The summed E-state index contributed by atoms with van der Waals surface area (Å²) in [6.45, 7) is 0. The highest BCUT2D eigenvalue weighted by molar-refractivity contribution is 6.26. The van der Waals surface area contributed by atoms with Crippen LogP contribution in [0.5, 0.6) is 0 Å². The van der Waals surface area contributed by atoms with Crippen LogP contribution in [0.2, 0.25) is 0 Å². The Morgan fingerprint density at radius 1 is 0.236 bits per heavy atom. The zero-order valence-electron chi connectivity index (χ0n) is 29.9. The predicted molar refractivity (Wildman–Crippen MR) is 235 cm³/mol. The molecule has 0 saturated carbocycles. The Labute approximate surface area is 317 Å². The SMILES string of the molecule is c1cc(-c2ccc3c4ccccc4c4ccccc4c3c2)cc(-c2c3ccccc3c(-c3ccc4oc5ccc6ccccc6c5c4c3)c3ccccc23)c1. The molecule has 254 valence electrons. The summed E-state index contributed by atoms with van der Waals surface area (Å²) < 4.78 is 6.41. The molecule has 0 aliphatic carbocycles. The summed E-state index contributed by atoms with van der Waals surface area (Å²) in [7, 11) is 0. The second-order valence-corrected chi connectivity index (χ2v) is 14.7. The molecular weight excluding hydrogens is 665 g/mol. The average Bonchev–Trinajstić information content (AvgIpc) is 3.64. The van der Waals surface area contributed by atoms with Gasteiger partial charge in [-0.2, -0.15) is 0 Å². The maximum atomic E-state index is 6.41. The number of fused-ring (bicyclic) bond motifs is 13. The normalized spacial score (nSPS) is 12.0. The fourth-order valence-corrected chi connectivity index (χ4v) is 9.39. The molecule has 0 atom stereocenters. The lowest BCUT2D eigenvalue weighted by Gasteiger charge is -2.18. The van der Waals surface area contributed by atoms with Gasteiger partial charge in [0.2, 0.25) is 0 Å². The van der Waals surface area contributed by atoms with Crippen molar-refractivity contribution in [1.29, 1.82) is 0 Å². The van der Waals surface area contributed by atoms with Crippen LogP contribution in [0.3, 0.4) is 0 Å². The zero-order chi connectivity index (χ0) is 36.0. The Kier molecular flexibility index (Phi) is 6.40. The van der Waals surface area contributed by atoms with Crippen LogP contribution in [0.25, 0.3) is 120 Å². The molecule has 11 aromatic carbocycles. The van der Waals surface area contributed by atoms with Crippen molar-refractivity contribution in [2.24, 2.45) is 0 Å². The van der Waals surface area contributed by atoms with Gasteiger partial charge >= 0.3 is 0 Å². The second-order valence-electron chi connectivity index (χ2n) is 14.7. The van der Waals surface area contributed by atoms with E-state index >= 15 is 0 Å². The molecule has 1 heterocycles. The predicted octanol–water partition coefficient (Wildman–Crippen LogP) is 15.5. The molecule has 0 fully saturated rings. The number of rotatable bonds is 3. The van der Waals surface area contributed by atoms with Gasteiger partial charge in [0.15, 0.2) is 0 Å². The number of furan rings is 1. The van der Waals surface area contributed by atoms with Gasteiger partial charge in [-0.05, 0) is 128 Å². The Balaban J connectivity index is 1.08. The highest BCUT2D eigenvalue weighted by Crippen LogP contribution is 2.46. The monoisotopic (exact) mass is 696 g/mol. The summed E-state index contributed by atoms with van der Waals surface area (Å²) in [5.74, 6) is 0. The van der Waals surface area contributed by atoms with Crippen LogP contribution in [0.1, 0.15) is 0 Å². The lowest BCUT2D eigenvalue weighted by molar-refractivity contribution is 0.669. The third kappa shape index (κ3) is 4.48. The van der Waals surface area contributed by atoms with Crippen molar-refractivity contribution in [3.63, 3.8) is 0 Å². The number of hydrogen-bond donors (Lipinski definition) is 0. The van der Waals surface area contributed by atoms with Crippen LogP contribution < -0.4 is 0 Å². The Morgan fingerprint density at radius 2 is 0.673 bits per heavy atom.